The molecule has 1 saturated heterocycles. The van der Waals surface area contributed by atoms with Gasteiger partial charge in [-0.2, -0.15) is 0 Å². The third kappa shape index (κ3) is 4.10. The summed E-state index contributed by atoms with van der Waals surface area (Å²) >= 11 is 3.46. The number of nitrogens with two attached hydrogens (primary N) is 1. The number of rotatable bonds is 5. The zero-order valence-corrected chi connectivity index (χ0v) is 16.6. The number of halogens is 2. The van der Waals surface area contributed by atoms with E-state index >= 15 is 0 Å². The van der Waals surface area contributed by atoms with E-state index in [0.29, 0.717) is 19.5 Å². The highest BCUT2D eigenvalue weighted by Gasteiger charge is 2.40. The van der Waals surface area contributed by atoms with Crippen LogP contribution in [0.3, 0.4) is 0 Å². The van der Waals surface area contributed by atoms with Gasteiger partial charge in [0.05, 0.1) is 11.2 Å². The maximum Gasteiger partial charge on any atom is 0.239 e. The third-order valence-electron chi connectivity index (χ3n) is 4.77. The average Bonchev–Trinajstić information content (AvgIpc) is 2.89. The Labute approximate surface area is 157 Å². The normalized spacial score (nSPS) is 19.8. The van der Waals surface area contributed by atoms with Crippen molar-refractivity contribution in [3.05, 3.63) is 28.7 Å². The molecule has 24 heavy (non-hydrogen) atoms. The van der Waals surface area contributed by atoms with Crippen molar-refractivity contribution in [2.75, 3.05) is 18.0 Å². The second-order valence-corrected chi connectivity index (χ2v) is 7.40. The van der Waals surface area contributed by atoms with E-state index in [1.807, 2.05) is 45.0 Å². The molecule has 5 nitrogen and oxygen atoms in total. The van der Waals surface area contributed by atoms with Crippen LogP contribution in [-0.2, 0) is 9.59 Å². The van der Waals surface area contributed by atoms with Gasteiger partial charge in [0.15, 0.2) is 0 Å². The Bertz CT molecular complexity index is 611. The molecule has 2 unspecified atom stereocenters. The van der Waals surface area contributed by atoms with Gasteiger partial charge in [0.1, 0.15) is 5.92 Å². The molecule has 1 aliphatic rings. The molecule has 1 fully saturated rings. The summed E-state index contributed by atoms with van der Waals surface area (Å²) in [4.78, 5) is 26.9. The van der Waals surface area contributed by atoms with Crippen LogP contribution in [-0.4, -0.2) is 30.4 Å². The quantitative estimate of drug-likeness (QED) is 0.722. The van der Waals surface area contributed by atoms with Gasteiger partial charge in [0, 0.05) is 17.6 Å². The fraction of sp³-hybridized carbons (Fsp3) is 0.529. The van der Waals surface area contributed by atoms with Crippen molar-refractivity contribution in [3.8, 4) is 0 Å². The van der Waals surface area contributed by atoms with E-state index in [2.05, 4.69) is 21.2 Å². The summed E-state index contributed by atoms with van der Waals surface area (Å²) in [6.07, 6.45) is 0.519. The predicted molar refractivity (Wildman–Crippen MR) is 102 cm³/mol. The van der Waals surface area contributed by atoms with E-state index in [-0.39, 0.29) is 30.1 Å². The number of hydrogen-bond donors (Lipinski definition) is 2. The molecule has 0 radical (unpaired) electrons. The maximum atomic E-state index is 12.7. The van der Waals surface area contributed by atoms with Gasteiger partial charge in [0.2, 0.25) is 11.8 Å². The van der Waals surface area contributed by atoms with Gasteiger partial charge in [0.25, 0.3) is 0 Å². The molecule has 2 amide bonds. The number of nitrogens with zero attached hydrogens (tertiary/aromatic N) is 1. The maximum absolute atomic E-state index is 12.7. The smallest absolute Gasteiger partial charge is 0.239 e. The first kappa shape index (κ1) is 20.9. The summed E-state index contributed by atoms with van der Waals surface area (Å²) in [6, 6.07) is 7.54. The molecule has 1 aliphatic heterocycles. The molecule has 0 aromatic heterocycles. The lowest BCUT2D eigenvalue weighted by Gasteiger charge is -2.34. The van der Waals surface area contributed by atoms with Crippen molar-refractivity contribution in [1.29, 1.82) is 0 Å². The molecule has 3 N–H and O–H groups in total. The fourth-order valence-electron chi connectivity index (χ4n) is 2.63. The van der Waals surface area contributed by atoms with Gasteiger partial charge in [-0.05, 0) is 47.3 Å². The third-order valence-corrected chi connectivity index (χ3v) is 5.44. The van der Waals surface area contributed by atoms with Crippen molar-refractivity contribution in [2.24, 2.45) is 17.6 Å². The Hall–Kier alpha value is -1.11. The lowest BCUT2D eigenvalue weighted by molar-refractivity contribution is -0.133. The van der Waals surface area contributed by atoms with Crippen LogP contribution in [0.15, 0.2) is 28.7 Å². The molecule has 2 rings (SSSR count). The topological polar surface area (TPSA) is 75.4 Å². The van der Waals surface area contributed by atoms with Crippen molar-refractivity contribution in [1.82, 2.24) is 5.32 Å². The van der Waals surface area contributed by atoms with Crippen molar-refractivity contribution in [3.63, 3.8) is 0 Å². The van der Waals surface area contributed by atoms with Gasteiger partial charge in [-0.3, -0.25) is 9.59 Å². The van der Waals surface area contributed by atoms with E-state index in [0.717, 1.165) is 10.2 Å². The molecule has 0 aliphatic carbocycles. The first-order valence-corrected chi connectivity index (χ1v) is 8.67. The molecule has 1 aromatic carbocycles. The van der Waals surface area contributed by atoms with Crippen LogP contribution in [0.2, 0.25) is 0 Å². The van der Waals surface area contributed by atoms with Gasteiger partial charge < -0.3 is 16.0 Å². The minimum atomic E-state index is -0.647. The van der Waals surface area contributed by atoms with Crippen LogP contribution < -0.4 is 16.0 Å². The second kappa shape index (κ2) is 8.32. The second-order valence-electron chi connectivity index (χ2n) is 6.55. The van der Waals surface area contributed by atoms with Crippen LogP contribution in [0.1, 0.15) is 27.2 Å². The summed E-state index contributed by atoms with van der Waals surface area (Å²) in [5, 5.41) is 2.98. The first-order chi connectivity index (χ1) is 10.8. The first-order valence-electron chi connectivity index (χ1n) is 7.88. The molecule has 1 heterocycles. The lowest BCUT2D eigenvalue weighted by Crippen LogP contribution is -2.57. The highest BCUT2D eigenvalue weighted by atomic mass is 79.9. The van der Waals surface area contributed by atoms with Crippen LogP contribution >= 0.6 is 28.3 Å². The van der Waals surface area contributed by atoms with Crippen LogP contribution in [0.4, 0.5) is 5.69 Å². The number of anilines is 1. The Morgan fingerprint density at radius 3 is 2.62 bits per heavy atom. The Balaban J connectivity index is 0.00000288. The number of nitrogens with one attached hydrogen (secondary N) is 1. The molecule has 134 valence electrons. The van der Waals surface area contributed by atoms with Crippen LogP contribution in [0, 0.1) is 11.8 Å². The van der Waals surface area contributed by atoms with Crippen LogP contribution in [0.25, 0.3) is 0 Å². The SMILES string of the molecule is CC(C)C(C)(CN)NC(=O)C1CCN(c2ccccc2Br)C1=O.Cl. The van der Waals surface area contributed by atoms with E-state index < -0.39 is 11.5 Å². The van der Waals surface area contributed by atoms with E-state index in [1.54, 1.807) is 4.90 Å². The summed E-state index contributed by atoms with van der Waals surface area (Å²) < 4.78 is 0.850. The molecule has 0 spiro atoms. The number of benzene rings is 1. The van der Waals surface area contributed by atoms with E-state index in [4.69, 9.17) is 5.73 Å². The fourth-order valence-corrected chi connectivity index (χ4v) is 3.13. The van der Waals surface area contributed by atoms with Crippen molar-refractivity contribution >= 4 is 45.8 Å². The Kier molecular flexibility index (Phi) is 7.25. The Morgan fingerprint density at radius 1 is 1.46 bits per heavy atom. The molecular formula is C17H25BrClN3O2. The highest BCUT2D eigenvalue weighted by Crippen LogP contribution is 2.31. The minimum absolute atomic E-state index is 0. The summed E-state index contributed by atoms with van der Waals surface area (Å²) in [5.74, 6) is -0.845. The Morgan fingerprint density at radius 2 is 2.08 bits per heavy atom. The standard InChI is InChI=1S/C17H24BrN3O2.ClH/c1-11(2)17(3,10-19)20-15(22)12-8-9-21(16(12)23)14-7-5-4-6-13(14)18;/h4-7,11-12H,8-10,19H2,1-3H3,(H,20,22);1H. The molecule has 0 bridgehead atoms. The zero-order chi connectivity index (χ0) is 17.2. The zero-order valence-electron chi connectivity index (χ0n) is 14.2. The average molecular weight is 419 g/mol. The van der Waals surface area contributed by atoms with Gasteiger partial charge in [-0.25, -0.2) is 0 Å². The highest BCUT2D eigenvalue weighted by molar-refractivity contribution is 9.10. The molecule has 0 saturated carbocycles. The van der Waals surface area contributed by atoms with Gasteiger partial charge >= 0.3 is 0 Å². The number of hydrogen-bond acceptors (Lipinski definition) is 3. The molecule has 7 heteroatoms. The van der Waals surface area contributed by atoms with Crippen molar-refractivity contribution in [2.45, 2.75) is 32.7 Å². The van der Waals surface area contributed by atoms with Crippen molar-refractivity contribution < 1.29 is 9.59 Å². The summed E-state index contributed by atoms with van der Waals surface area (Å²) in [5.41, 5.74) is 6.11. The van der Waals surface area contributed by atoms with Crippen LogP contribution in [0.5, 0.6) is 0 Å². The number of para-hydroxylation sites is 1. The molecule has 2 atom stereocenters. The molecule has 1 aromatic rings. The predicted octanol–water partition coefficient (Wildman–Crippen LogP) is 2.71. The minimum Gasteiger partial charge on any atom is -0.349 e. The number of carbonyl (C=O) groups excluding carboxylic acids is 2. The monoisotopic (exact) mass is 417 g/mol. The van der Waals surface area contributed by atoms with Gasteiger partial charge in [-0.1, -0.05) is 26.0 Å². The number of carbonyl (C=O) groups is 2. The lowest BCUT2D eigenvalue weighted by atomic mass is 9.87. The summed E-state index contributed by atoms with van der Waals surface area (Å²) in [6.45, 7) is 6.82. The van der Waals surface area contributed by atoms with E-state index in [1.165, 1.54) is 0 Å². The van der Waals surface area contributed by atoms with E-state index in [9.17, 15) is 9.59 Å². The largest absolute Gasteiger partial charge is 0.349 e. The number of amides is 2. The molecular weight excluding hydrogens is 394 g/mol. The van der Waals surface area contributed by atoms with Gasteiger partial charge in [-0.15, -0.1) is 12.4 Å². The summed E-state index contributed by atoms with van der Waals surface area (Å²) in [7, 11) is 0.